The zero-order valence-corrected chi connectivity index (χ0v) is 11.1. The number of hydrogen-bond donors (Lipinski definition) is 1. The molecule has 100 valence electrons. The number of fused-ring (bicyclic) bond motifs is 1. The number of carbonyl (C=O) groups is 2. The zero-order valence-electron chi connectivity index (χ0n) is 10.3. The third kappa shape index (κ3) is 2.04. The molecule has 0 unspecified atom stereocenters. The lowest BCUT2D eigenvalue weighted by Gasteiger charge is -2.16. The first-order valence-electron chi connectivity index (χ1n) is 6.00. The number of aromatic hydroxyl groups is 1. The highest BCUT2D eigenvalue weighted by atomic mass is 35.5. The fourth-order valence-corrected chi connectivity index (χ4v) is 2.37. The van der Waals surface area contributed by atoms with E-state index in [0.29, 0.717) is 16.3 Å². The predicted molar refractivity (Wildman–Crippen MR) is 75.1 cm³/mol. The maximum Gasteiger partial charge on any atom is 0.299 e. The minimum atomic E-state index is -0.560. The van der Waals surface area contributed by atoms with Crippen LogP contribution in [0.25, 0.3) is 0 Å². The van der Waals surface area contributed by atoms with Gasteiger partial charge in [-0.05, 0) is 35.9 Å². The Morgan fingerprint density at radius 2 is 1.75 bits per heavy atom. The van der Waals surface area contributed by atoms with Crippen molar-refractivity contribution >= 4 is 29.0 Å². The maximum atomic E-state index is 12.0. The normalized spacial score (nSPS) is 13.8. The molecule has 0 spiro atoms. The number of carbonyl (C=O) groups excluding carboxylic acids is 2. The number of phenolic OH excluding ortho intramolecular Hbond substituents is 1. The van der Waals surface area contributed by atoms with E-state index in [2.05, 4.69) is 0 Å². The molecule has 0 saturated heterocycles. The Bertz CT molecular complexity index is 710. The van der Waals surface area contributed by atoms with Crippen molar-refractivity contribution in [2.24, 2.45) is 0 Å². The Hall–Kier alpha value is -2.33. The van der Waals surface area contributed by atoms with Crippen molar-refractivity contribution in [2.45, 2.75) is 6.54 Å². The molecular formula is C15H10ClNO3. The van der Waals surface area contributed by atoms with Gasteiger partial charge in [-0.1, -0.05) is 23.7 Å². The van der Waals surface area contributed by atoms with Gasteiger partial charge in [0.1, 0.15) is 5.75 Å². The molecule has 0 fully saturated rings. The molecule has 1 heterocycles. The molecule has 1 amide bonds. The van der Waals surface area contributed by atoms with Crippen LogP contribution in [-0.2, 0) is 11.3 Å². The molecule has 0 radical (unpaired) electrons. The molecule has 0 saturated carbocycles. The summed E-state index contributed by atoms with van der Waals surface area (Å²) in [6.45, 7) is 0.262. The lowest BCUT2D eigenvalue weighted by Crippen LogP contribution is -2.29. The largest absolute Gasteiger partial charge is 0.508 e. The van der Waals surface area contributed by atoms with Gasteiger partial charge < -0.3 is 10.0 Å². The quantitative estimate of drug-likeness (QED) is 0.864. The van der Waals surface area contributed by atoms with Crippen LogP contribution >= 0.6 is 11.6 Å². The summed E-state index contributed by atoms with van der Waals surface area (Å²) in [5.41, 5.74) is 1.72. The van der Waals surface area contributed by atoms with Crippen LogP contribution in [0.1, 0.15) is 15.9 Å². The van der Waals surface area contributed by atoms with E-state index >= 15 is 0 Å². The van der Waals surface area contributed by atoms with Crippen molar-refractivity contribution in [1.29, 1.82) is 0 Å². The third-order valence-electron chi connectivity index (χ3n) is 3.21. The van der Waals surface area contributed by atoms with E-state index in [4.69, 9.17) is 11.6 Å². The minimum Gasteiger partial charge on any atom is -0.508 e. The second-order valence-electron chi connectivity index (χ2n) is 4.55. The van der Waals surface area contributed by atoms with Crippen molar-refractivity contribution in [3.8, 4) is 5.75 Å². The highest BCUT2D eigenvalue weighted by Crippen LogP contribution is 2.32. The standard InChI is InChI=1S/C15H10ClNO3/c16-10-3-6-12-13(7-10)17(15(20)14(12)19)8-9-1-4-11(18)5-2-9/h1-7,18H,8H2. The van der Waals surface area contributed by atoms with Gasteiger partial charge in [-0.2, -0.15) is 0 Å². The van der Waals surface area contributed by atoms with Gasteiger partial charge in [-0.25, -0.2) is 0 Å². The maximum absolute atomic E-state index is 12.0. The van der Waals surface area contributed by atoms with Crippen LogP contribution in [0.5, 0.6) is 5.75 Å². The number of benzene rings is 2. The van der Waals surface area contributed by atoms with Gasteiger partial charge >= 0.3 is 0 Å². The first-order valence-corrected chi connectivity index (χ1v) is 6.38. The summed E-state index contributed by atoms with van der Waals surface area (Å²) in [4.78, 5) is 25.3. The van der Waals surface area contributed by atoms with Gasteiger partial charge in [-0.3, -0.25) is 9.59 Å². The Morgan fingerprint density at radius 1 is 1.05 bits per heavy atom. The minimum absolute atomic E-state index is 0.154. The Labute approximate surface area is 120 Å². The zero-order chi connectivity index (χ0) is 14.3. The lowest BCUT2D eigenvalue weighted by atomic mass is 10.1. The average molecular weight is 288 g/mol. The highest BCUT2D eigenvalue weighted by molar-refractivity contribution is 6.52. The number of rotatable bonds is 2. The lowest BCUT2D eigenvalue weighted by molar-refractivity contribution is -0.114. The fraction of sp³-hybridized carbons (Fsp3) is 0.0667. The summed E-state index contributed by atoms with van der Waals surface area (Å²) >= 11 is 5.93. The number of phenols is 1. The molecule has 0 aliphatic carbocycles. The summed E-state index contributed by atoms with van der Waals surface area (Å²) in [5.74, 6) is -0.924. The smallest absolute Gasteiger partial charge is 0.299 e. The van der Waals surface area contributed by atoms with E-state index in [0.717, 1.165) is 5.56 Å². The van der Waals surface area contributed by atoms with Gasteiger partial charge in [0.25, 0.3) is 11.7 Å². The number of amides is 1. The van der Waals surface area contributed by atoms with Crippen LogP contribution in [0, 0.1) is 0 Å². The molecule has 1 aliphatic rings. The van der Waals surface area contributed by atoms with Gasteiger partial charge in [0.05, 0.1) is 17.8 Å². The molecule has 1 aliphatic heterocycles. The van der Waals surface area contributed by atoms with Crippen molar-refractivity contribution in [3.63, 3.8) is 0 Å². The van der Waals surface area contributed by atoms with Gasteiger partial charge in [0.2, 0.25) is 0 Å². The van der Waals surface area contributed by atoms with Crippen molar-refractivity contribution in [1.82, 2.24) is 0 Å². The monoisotopic (exact) mass is 287 g/mol. The fourth-order valence-electron chi connectivity index (χ4n) is 2.21. The Kier molecular flexibility index (Phi) is 2.95. The first kappa shape index (κ1) is 12.7. The molecule has 0 aromatic heterocycles. The van der Waals surface area contributed by atoms with E-state index in [1.807, 2.05) is 0 Å². The van der Waals surface area contributed by atoms with Crippen LogP contribution in [0.3, 0.4) is 0 Å². The average Bonchev–Trinajstić information content (AvgIpc) is 2.66. The number of ketones is 1. The molecule has 4 nitrogen and oxygen atoms in total. The van der Waals surface area contributed by atoms with Gasteiger partial charge in [0, 0.05) is 5.02 Å². The van der Waals surface area contributed by atoms with E-state index in [9.17, 15) is 14.7 Å². The highest BCUT2D eigenvalue weighted by Gasteiger charge is 2.35. The van der Waals surface area contributed by atoms with Crippen molar-refractivity contribution in [3.05, 3.63) is 58.6 Å². The van der Waals surface area contributed by atoms with Crippen LogP contribution in [-0.4, -0.2) is 16.8 Å². The van der Waals surface area contributed by atoms with E-state index < -0.39 is 11.7 Å². The Balaban J connectivity index is 1.98. The van der Waals surface area contributed by atoms with Crippen LogP contribution in [0.2, 0.25) is 5.02 Å². The molecular weight excluding hydrogens is 278 g/mol. The van der Waals surface area contributed by atoms with Crippen LogP contribution in [0.4, 0.5) is 5.69 Å². The number of nitrogens with zero attached hydrogens (tertiary/aromatic N) is 1. The summed E-state index contributed by atoms with van der Waals surface area (Å²) in [6.07, 6.45) is 0. The van der Waals surface area contributed by atoms with Crippen molar-refractivity contribution in [2.75, 3.05) is 4.90 Å². The summed E-state index contributed by atoms with van der Waals surface area (Å²) in [5, 5.41) is 9.73. The number of halogens is 1. The van der Waals surface area contributed by atoms with E-state index in [-0.39, 0.29) is 12.3 Å². The molecule has 1 N–H and O–H groups in total. The number of anilines is 1. The Morgan fingerprint density at radius 3 is 2.45 bits per heavy atom. The molecule has 3 rings (SSSR count). The molecule has 0 bridgehead atoms. The summed E-state index contributed by atoms with van der Waals surface area (Å²) in [7, 11) is 0. The van der Waals surface area contributed by atoms with Crippen LogP contribution < -0.4 is 4.90 Å². The van der Waals surface area contributed by atoms with Crippen molar-refractivity contribution < 1.29 is 14.7 Å². The van der Waals surface area contributed by atoms with Gasteiger partial charge in [0.15, 0.2) is 0 Å². The number of hydrogen-bond acceptors (Lipinski definition) is 3. The molecule has 0 atom stereocenters. The van der Waals surface area contributed by atoms with Gasteiger partial charge in [-0.15, -0.1) is 0 Å². The number of Topliss-reactive ketones (excluding diaryl/α,β-unsaturated/α-hetero) is 1. The molecule has 5 heteroatoms. The second-order valence-corrected chi connectivity index (χ2v) is 4.98. The second kappa shape index (κ2) is 4.65. The first-order chi connectivity index (χ1) is 9.56. The summed E-state index contributed by atoms with van der Waals surface area (Å²) < 4.78 is 0. The predicted octanol–water partition coefficient (Wildman–Crippen LogP) is 2.78. The van der Waals surface area contributed by atoms with E-state index in [1.165, 1.54) is 17.0 Å². The van der Waals surface area contributed by atoms with E-state index in [1.54, 1.807) is 30.3 Å². The third-order valence-corrected chi connectivity index (χ3v) is 3.45. The molecule has 2 aromatic carbocycles. The summed E-state index contributed by atoms with van der Waals surface area (Å²) in [6, 6.07) is 11.3. The van der Waals surface area contributed by atoms with Crippen LogP contribution in [0.15, 0.2) is 42.5 Å². The molecule has 2 aromatic rings. The topological polar surface area (TPSA) is 57.6 Å². The molecule has 20 heavy (non-hydrogen) atoms. The SMILES string of the molecule is O=C1C(=O)N(Cc2ccc(O)cc2)c2cc(Cl)ccc21.